The summed E-state index contributed by atoms with van der Waals surface area (Å²) in [5.74, 6) is 2.14. The van der Waals surface area contributed by atoms with Crippen LogP contribution in [0.5, 0.6) is 17.2 Å². The largest absolute Gasteiger partial charge is 0.497 e. The van der Waals surface area contributed by atoms with E-state index >= 15 is 0 Å². The van der Waals surface area contributed by atoms with Crippen molar-refractivity contribution in [1.29, 1.82) is 0 Å². The van der Waals surface area contributed by atoms with Gasteiger partial charge in [0.25, 0.3) is 0 Å². The summed E-state index contributed by atoms with van der Waals surface area (Å²) in [6, 6.07) is 14.5. The maximum Gasteiger partial charge on any atom is 0.220 e. The Morgan fingerprint density at radius 3 is 2.39 bits per heavy atom. The quantitative estimate of drug-likeness (QED) is 0.449. The van der Waals surface area contributed by atoms with Crippen molar-refractivity contribution in [2.24, 2.45) is 0 Å². The Labute approximate surface area is 196 Å². The van der Waals surface area contributed by atoms with Gasteiger partial charge in [-0.1, -0.05) is 18.2 Å². The smallest absolute Gasteiger partial charge is 0.220 e. The average molecular weight is 457 g/mol. The molecule has 1 amide bonds. The zero-order valence-electron chi connectivity index (χ0n) is 19.7. The number of nitrogens with zero attached hydrogens (tertiary/aromatic N) is 1. The number of benzene rings is 2. The van der Waals surface area contributed by atoms with Crippen molar-refractivity contribution in [2.45, 2.75) is 44.2 Å². The van der Waals surface area contributed by atoms with Gasteiger partial charge >= 0.3 is 0 Å². The Kier molecular flexibility index (Phi) is 9.84. The number of rotatable bonds is 13. The zero-order chi connectivity index (χ0) is 23.5. The lowest BCUT2D eigenvalue weighted by molar-refractivity contribution is -0.123. The van der Waals surface area contributed by atoms with Crippen molar-refractivity contribution in [3.63, 3.8) is 0 Å². The number of para-hydroxylation sites is 1. The van der Waals surface area contributed by atoms with Crippen LogP contribution in [0.4, 0.5) is 0 Å². The van der Waals surface area contributed by atoms with Gasteiger partial charge in [-0.3, -0.25) is 4.79 Å². The second-order valence-electron chi connectivity index (χ2n) is 8.35. The van der Waals surface area contributed by atoms with E-state index in [0.29, 0.717) is 37.3 Å². The van der Waals surface area contributed by atoms with Crippen molar-refractivity contribution in [1.82, 2.24) is 10.2 Å². The first-order valence-corrected chi connectivity index (χ1v) is 11.7. The van der Waals surface area contributed by atoms with Crippen LogP contribution in [0.25, 0.3) is 0 Å². The van der Waals surface area contributed by atoms with Crippen molar-refractivity contribution >= 4 is 5.91 Å². The molecule has 0 radical (unpaired) electrons. The van der Waals surface area contributed by atoms with E-state index in [-0.39, 0.29) is 5.91 Å². The van der Waals surface area contributed by atoms with Crippen LogP contribution in [-0.2, 0) is 4.79 Å². The van der Waals surface area contributed by atoms with Crippen LogP contribution in [0, 0.1) is 0 Å². The van der Waals surface area contributed by atoms with Crippen LogP contribution < -0.4 is 19.5 Å². The molecule has 2 atom stereocenters. The van der Waals surface area contributed by atoms with E-state index in [1.54, 1.807) is 14.2 Å². The van der Waals surface area contributed by atoms with Gasteiger partial charge in [-0.25, -0.2) is 0 Å². The zero-order valence-corrected chi connectivity index (χ0v) is 19.7. The number of unbranched alkanes of at least 4 members (excludes halogenated alkanes) is 1. The van der Waals surface area contributed by atoms with Crippen molar-refractivity contribution < 1.29 is 24.1 Å². The molecule has 0 saturated carbocycles. The van der Waals surface area contributed by atoms with E-state index in [2.05, 4.69) is 10.2 Å². The third kappa shape index (κ3) is 7.65. The minimum Gasteiger partial charge on any atom is -0.497 e. The number of nitrogens with one attached hydrogen (secondary N) is 1. The Morgan fingerprint density at radius 2 is 1.70 bits per heavy atom. The molecule has 1 heterocycles. The Bertz CT molecular complexity index is 852. The molecule has 0 aliphatic carbocycles. The molecule has 1 aliphatic heterocycles. The molecule has 7 nitrogen and oxygen atoms in total. The van der Waals surface area contributed by atoms with Crippen LogP contribution in [0.2, 0.25) is 0 Å². The molecule has 180 valence electrons. The van der Waals surface area contributed by atoms with Gasteiger partial charge in [0.2, 0.25) is 5.91 Å². The van der Waals surface area contributed by atoms with Gasteiger partial charge in [0, 0.05) is 18.5 Å². The molecular formula is C26H36N2O5. The van der Waals surface area contributed by atoms with Gasteiger partial charge in [0.05, 0.1) is 26.9 Å². The number of hydrogen-bond acceptors (Lipinski definition) is 6. The van der Waals surface area contributed by atoms with E-state index in [9.17, 15) is 9.90 Å². The number of carbonyl (C=O) groups excluding carboxylic acids is 1. The standard InChI is InChI=1S/C26H36N2O5/c1-31-20-12-14-21(15-13-20)33-18-8-5-11-25(29)27-23(19-28-16-6-7-17-28)26(30)22-9-3-4-10-24(22)32-2/h3-4,9-10,12-15,23,26,30H,5-8,11,16-19H2,1-2H3,(H,27,29)/t23-,26-/m1/s1. The predicted octanol–water partition coefficient (Wildman–Crippen LogP) is 3.57. The number of likely N-dealkylation sites (tertiary alicyclic amines) is 1. The first kappa shape index (κ1) is 24.9. The molecule has 0 aromatic heterocycles. The number of ether oxygens (including phenoxy) is 3. The minimum atomic E-state index is -0.843. The molecule has 7 heteroatoms. The van der Waals surface area contributed by atoms with E-state index in [1.807, 2.05) is 48.5 Å². The summed E-state index contributed by atoms with van der Waals surface area (Å²) >= 11 is 0. The Balaban J connectivity index is 1.49. The highest BCUT2D eigenvalue weighted by Gasteiger charge is 2.28. The van der Waals surface area contributed by atoms with Gasteiger partial charge in [-0.15, -0.1) is 0 Å². The minimum absolute atomic E-state index is 0.0578. The maximum atomic E-state index is 12.7. The topological polar surface area (TPSA) is 80.3 Å². The SMILES string of the molecule is COc1ccc(OCCCCC(=O)N[C@H](CN2CCCC2)[C@H](O)c2ccccc2OC)cc1. The number of amides is 1. The molecule has 0 unspecified atom stereocenters. The Hall–Kier alpha value is -2.77. The molecule has 2 aromatic rings. The first-order valence-electron chi connectivity index (χ1n) is 11.7. The lowest BCUT2D eigenvalue weighted by atomic mass is 10.00. The summed E-state index contributed by atoms with van der Waals surface area (Å²) in [6.45, 7) is 3.15. The normalized spacial score (nSPS) is 15.6. The lowest BCUT2D eigenvalue weighted by Gasteiger charge is -2.29. The van der Waals surface area contributed by atoms with E-state index in [0.717, 1.165) is 43.9 Å². The van der Waals surface area contributed by atoms with Crippen LogP contribution in [0.15, 0.2) is 48.5 Å². The summed E-state index contributed by atoms with van der Waals surface area (Å²) < 4.78 is 16.3. The van der Waals surface area contributed by atoms with Crippen molar-refractivity contribution in [3.05, 3.63) is 54.1 Å². The van der Waals surface area contributed by atoms with Crippen LogP contribution >= 0.6 is 0 Å². The highest BCUT2D eigenvalue weighted by molar-refractivity contribution is 5.76. The molecular weight excluding hydrogens is 420 g/mol. The molecule has 1 fully saturated rings. The van der Waals surface area contributed by atoms with Crippen molar-refractivity contribution in [2.75, 3.05) is 40.5 Å². The fraction of sp³-hybridized carbons (Fsp3) is 0.500. The third-order valence-electron chi connectivity index (χ3n) is 5.96. The molecule has 0 spiro atoms. The maximum absolute atomic E-state index is 12.7. The highest BCUT2D eigenvalue weighted by Crippen LogP contribution is 2.28. The van der Waals surface area contributed by atoms with Gasteiger partial charge in [0.1, 0.15) is 23.4 Å². The number of methoxy groups -OCH3 is 2. The number of aliphatic hydroxyl groups is 1. The Morgan fingerprint density at radius 1 is 1.00 bits per heavy atom. The van der Waals surface area contributed by atoms with Crippen molar-refractivity contribution in [3.8, 4) is 17.2 Å². The molecule has 3 rings (SSSR count). The molecule has 1 saturated heterocycles. The van der Waals surface area contributed by atoms with E-state index < -0.39 is 12.1 Å². The number of aliphatic hydroxyl groups excluding tert-OH is 1. The van der Waals surface area contributed by atoms with E-state index in [1.165, 1.54) is 0 Å². The summed E-state index contributed by atoms with van der Waals surface area (Å²) in [4.78, 5) is 15.0. The summed E-state index contributed by atoms with van der Waals surface area (Å²) in [5.41, 5.74) is 0.692. The summed E-state index contributed by atoms with van der Waals surface area (Å²) in [7, 11) is 3.22. The lowest BCUT2D eigenvalue weighted by Crippen LogP contribution is -2.46. The molecule has 0 bridgehead atoms. The molecule has 2 aromatic carbocycles. The number of hydrogen-bond donors (Lipinski definition) is 2. The van der Waals surface area contributed by atoms with Gasteiger partial charge in [-0.05, 0) is 69.1 Å². The fourth-order valence-electron chi connectivity index (χ4n) is 4.12. The second kappa shape index (κ2) is 13.1. The molecule has 1 aliphatic rings. The fourth-order valence-corrected chi connectivity index (χ4v) is 4.12. The first-order chi connectivity index (χ1) is 16.1. The summed E-state index contributed by atoms with van der Waals surface area (Å²) in [6.07, 6.45) is 3.33. The average Bonchev–Trinajstić information content (AvgIpc) is 3.36. The van der Waals surface area contributed by atoms with E-state index in [4.69, 9.17) is 14.2 Å². The van der Waals surface area contributed by atoms with Gasteiger partial charge in [0.15, 0.2) is 0 Å². The second-order valence-corrected chi connectivity index (χ2v) is 8.35. The highest BCUT2D eigenvalue weighted by atomic mass is 16.5. The van der Waals surface area contributed by atoms with Crippen LogP contribution in [-0.4, -0.2) is 62.4 Å². The third-order valence-corrected chi connectivity index (χ3v) is 5.96. The monoisotopic (exact) mass is 456 g/mol. The van der Waals surface area contributed by atoms with Gasteiger partial charge < -0.3 is 29.5 Å². The summed E-state index contributed by atoms with van der Waals surface area (Å²) in [5, 5.41) is 14.2. The molecule has 2 N–H and O–H groups in total. The molecule has 33 heavy (non-hydrogen) atoms. The van der Waals surface area contributed by atoms with Crippen LogP contribution in [0.3, 0.4) is 0 Å². The predicted molar refractivity (Wildman–Crippen MR) is 128 cm³/mol. The number of carbonyl (C=O) groups is 1. The van der Waals surface area contributed by atoms with Crippen LogP contribution in [0.1, 0.15) is 43.8 Å². The van der Waals surface area contributed by atoms with Gasteiger partial charge in [-0.2, -0.15) is 0 Å².